The topological polar surface area (TPSA) is 78.9 Å². The summed E-state index contributed by atoms with van der Waals surface area (Å²) in [5.74, 6) is -0.834. The van der Waals surface area contributed by atoms with Crippen molar-refractivity contribution in [1.82, 2.24) is 0 Å². The Kier molecular flexibility index (Phi) is 61.1. The highest BCUT2D eigenvalue weighted by Gasteiger charge is 2.19. The Morgan fingerprint density at radius 3 is 0.685 bits per heavy atom. The summed E-state index contributed by atoms with van der Waals surface area (Å²) in [6.45, 7) is 6.70. The molecule has 0 aliphatic carbocycles. The zero-order valence-electron chi connectivity index (χ0n) is 49.7. The Morgan fingerprint density at radius 2 is 0.452 bits per heavy atom. The van der Waals surface area contributed by atoms with Gasteiger partial charge in [-0.25, -0.2) is 0 Å². The van der Waals surface area contributed by atoms with Crippen molar-refractivity contribution in [2.75, 3.05) is 13.2 Å². The van der Waals surface area contributed by atoms with Gasteiger partial charge in [0.2, 0.25) is 0 Å². The van der Waals surface area contributed by atoms with Crippen molar-refractivity contribution in [2.24, 2.45) is 0 Å². The van der Waals surface area contributed by atoms with Gasteiger partial charge in [-0.1, -0.05) is 328 Å². The van der Waals surface area contributed by atoms with E-state index < -0.39 is 6.10 Å². The molecule has 1 atom stereocenters. The minimum Gasteiger partial charge on any atom is -0.462 e. The van der Waals surface area contributed by atoms with E-state index in [9.17, 15) is 14.4 Å². The summed E-state index contributed by atoms with van der Waals surface area (Å²) in [5, 5.41) is 0. The van der Waals surface area contributed by atoms with Crippen molar-refractivity contribution < 1.29 is 28.6 Å². The molecule has 0 saturated carbocycles. The maximum atomic E-state index is 12.9. The van der Waals surface area contributed by atoms with Crippen molar-refractivity contribution in [2.45, 2.75) is 386 Å². The van der Waals surface area contributed by atoms with Crippen LogP contribution in [0, 0.1) is 0 Å². The number of rotatable bonds is 62. The Balaban J connectivity index is 4.08. The van der Waals surface area contributed by atoms with Crippen LogP contribution in [0.4, 0.5) is 0 Å². The van der Waals surface area contributed by atoms with Crippen LogP contribution in [0.25, 0.3) is 0 Å². The molecule has 0 aromatic heterocycles. The number of allylic oxidation sites excluding steroid dienone is 2. The first kappa shape index (κ1) is 71.2. The van der Waals surface area contributed by atoms with Gasteiger partial charge in [-0.2, -0.15) is 0 Å². The number of hydrogen-bond donors (Lipinski definition) is 0. The number of carbonyl (C=O) groups is 3. The number of esters is 3. The third-order valence-electron chi connectivity index (χ3n) is 15.3. The second-order valence-corrected chi connectivity index (χ2v) is 22.7. The van der Waals surface area contributed by atoms with Crippen LogP contribution >= 0.6 is 0 Å². The molecule has 0 N–H and O–H groups in total. The van der Waals surface area contributed by atoms with Crippen LogP contribution in [0.5, 0.6) is 0 Å². The van der Waals surface area contributed by atoms with Crippen LogP contribution in [-0.4, -0.2) is 37.2 Å². The summed E-state index contributed by atoms with van der Waals surface area (Å²) in [5.41, 5.74) is 0. The molecule has 6 nitrogen and oxygen atoms in total. The largest absolute Gasteiger partial charge is 0.462 e. The fourth-order valence-corrected chi connectivity index (χ4v) is 10.3. The SMILES string of the molecule is CCCCCCCCCC/C=C\CCCCCCCCCCCCCCCCCCCC(=O)OCC(COC(=O)CCCCCCCCCCCC)OC(=O)CCCCCCCCCCCCCCCCCC. The minimum absolute atomic E-state index is 0.0627. The highest BCUT2D eigenvalue weighted by molar-refractivity contribution is 5.71. The number of unbranched alkanes of at least 4 members (excludes halogenated alkanes) is 49. The summed E-state index contributed by atoms with van der Waals surface area (Å²) in [4.78, 5) is 38.2. The fraction of sp³-hybridized carbons (Fsp3) is 0.925. The van der Waals surface area contributed by atoms with Crippen LogP contribution in [0.15, 0.2) is 12.2 Å². The lowest BCUT2D eigenvalue weighted by atomic mass is 10.0. The second kappa shape index (κ2) is 62.7. The van der Waals surface area contributed by atoms with Gasteiger partial charge in [0.15, 0.2) is 6.10 Å². The molecule has 0 fully saturated rings. The monoisotopic (exact) mass is 1030 g/mol. The minimum atomic E-state index is -0.763. The molecular weight excluding hydrogens is 901 g/mol. The zero-order chi connectivity index (χ0) is 52.9. The first-order valence-corrected chi connectivity index (χ1v) is 33.2. The Hall–Kier alpha value is -1.85. The van der Waals surface area contributed by atoms with Crippen molar-refractivity contribution in [3.8, 4) is 0 Å². The first-order valence-electron chi connectivity index (χ1n) is 33.2. The third kappa shape index (κ3) is 60.9. The highest BCUT2D eigenvalue weighted by atomic mass is 16.6. The number of ether oxygens (including phenoxy) is 3. The molecule has 0 aliphatic rings. The van der Waals surface area contributed by atoms with E-state index in [1.807, 2.05) is 0 Å². The number of hydrogen-bond acceptors (Lipinski definition) is 6. The molecule has 1 unspecified atom stereocenters. The van der Waals surface area contributed by atoms with Gasteiger partial charge in [-0.05, 0) is 44.9 Å². The van der Waals surface area contributed by atoms with E-state index in [1.165, 1.54) is 283 Å². The average molecular weight is 1030 g/mol. The van der Waals surface area contributed by atoms with Gasteiger partial charge in [-0.15, -0.1) is 0 Å². The Morgan fingerprint density at radius 1 is 0.260 bits per heavy atom. The predicted molar refractivity (Wildman–Crippen MR) is 317 cm³/mol. The molecule has 0 aromatic rings. The van der Waals surface area contributed by atoms with Crippen LogP contribution in [0.3, 0.4) is 0 Å². The van der Waals surface area contributed by atoms with Crippen LogP contribution < -0.4 is 0 Å². The smallest absolute Gasteiger partial charge is 0.306 e. The lowest BCUT2D eigenvalue weighted by Gasteiger charge is -2.18. The molecule has 0 aromatic carbocycles. The van der Waals surface area contributed by atoms with E-state index in [0.29, 0.717) is 19.3 Å². The summed E-state index contributed by atoms with van der Waals surface area (Å²) in [6.07, 6.45) is 73.9. The normalized spacial score (nSPS) is 12.0. The van der Waals surface area contributed by atoms with E-state index in [1.54, 1.807) is 0 Å². The lowest BCUT2D eigenvalue weighted by molar-refractivity contribution is -0.167. The van der Waals surface area contributed by atoms with Gasteiger partial charge in [0.1, 0.15) is 13.2 Å². The molecule has 6 heteroatoms. The fourth-order valence-electron chi connectivity index (χ4n) is 10.3. The van der Waals surface area contributed by atoms with Crippen molar-refractivity contribution in [1.29, 1.82) is 0 Å². The van der Waals surface area contributed by atoms with Gasteiger partial charge >= 0.3 is 17.9 Å². The second-order valence-electron chi connectivity index (χ2n) is 22.7. The van der Waals surface area contributed by atoms with Crippen molar-refractivity contribution >= 4 is 17.9 Å². The van der Waals surface area contributed by atoms with Gasteiger partial charge in [0, 0.05) is 19.3 Å². The van der Waals surface area contributed by atoms with Gasteiger partial charge < -0.3 is 14.2 Å². The average Bonchev–Trinajstić information content (AvgIpc) is 3.39. The molecule has 73 heavy (non-hydrogen) atoms. The zero-order valence-corrected chi connectivity index (χ0v) is 49.7. The Bertz CT molecular complexity index is 1130. The molecule has 0 spiro atoms. The van der Waals surface area contributed by atoms with Crippen LogP contribution in [-0.2, 0) is 28.6 Å². The van der Waals surface area contributed by atoms with E-state index in [2.05, 4.69) is 32.9 Å². The Labute approximate surface area is 456 Å². The molecule has 0 radical (unpaired) electrons. The maximum Gasteiger partial charge on any atom is 0.306 e. The first-order chi connectivity index (χ1) is 36.0. The van der Waals surface area contributed by atoms with Crippen LogP contribution in [0.1, 0.15) is 380 Å². The maximum absolute atomic E-state index is 12.9. The number of carbonyl (C=O) groups excluding carboxylic acids is 3. The summed E-state index contributed by atoms with van der Waals surface area (Å²) >= 11 is 0. The third-order valence-corrected chi connectivity index (χ3v) is 15.3. The molecule has 0 rings (SSSR count). The summed E-state index contributed by atoms with van der Waals surface area (Å²) in [6, 6.07) is 0. The van der Waals surface area contributed by atoms with E-state index in [-0.39, 0.29) is 31.1 Å². The van der Waals surface area contributed by atoms with Gasteiger partial charge in [0.25, 0.3) is 0 Å². The lowest BCUT2D eigenvalue weighted by Crippen LogP contribution is -2.30. The van der Waals surface area contributed by atoms with E-state index in [0.717, 1.165) is 57.8 Å². The van der Waals surface area contributed by atoms with Gasteiger partial charge in [0.05, 0.1) is 0 Å². The quantitative estimate of drug-likeness (QED) is 0.0261. The van der Waals surface area contributed by atoms with Crippen molar-refractivity contribution in [3.63, 3.8) is 0 Å². The molecule has 0 heterocycles. The standard InChI is InChI=1S/C67H128O6/c1-4-7-10-13-16-19-22-24-26-28-29-30-31-32-33-34-35-36-37-38-39-40-42-43-45-48-51-54-57-60-66(69)72-63-64(62-71-65(68)59-56-53-50-47-21-18-15-12-9-6-3)73-67(70)61-58-55-52-49-46-44-41-27-25-23-20-17-14-11-8-5-2/h28-29,64H,4-27,30-63H2,1-3H3/b29-28-. The molecule has 0 aliphatic heterocycles. The van der Waals surface area contributed by atoms with Crippen LogP contribution in [0.2, 0.25) is 0 Å². The highest BCUT2D eigenvalue weighted by Crippen LogP contribution is 2.18. The molecular formula is C67H128O6. The molecule has 432 valence electrons. The predicted octanol–water partition coefficient (Wildman–Crippen LogP) is 22.4. The van der Waals surface area contributed by atoms with E-state index in [4.69, 9.17) is 14.2 Å². The molecule has 0 saturated heterocycles. The van der Waals surface area contributed by atoms with Crippen molar-refractivity contribution in [3.05, 3.63) is 12.2 Å². The summed E-state index contributed by atoms with van der Waals surface area (Å²) < 4.78 is 16.9. The van der Waals surface area contributed by atoms with Gasteiger partial charge in [-0.3, -0.25) is 14.4 Å². The van der Waals surface area contributed by atoms with E-state index >= 15 is 0 Å². The molecule has 0 amide bonds. The summed E-state index contributed by atoms with van der Waals surface area (Å²) in [7, 11) is 0. The molecule has 0 bridgehead atoms.